The Morgan fingerprint density at radius 2 is 2.05 bits per heavy atom. The Balaban J connectivity index is 2.01. The van der Waals surface area contributed by atoms with Crippen LogP contribution in [0.25, 0.3) is 11.0 Å². The lowest BCUT2D eigenvalue weighted by Crippen LogP contribution is -1.96. The van der Waals surface area contributed by atoms with Crippen LogP contribution in [-0.4, -0.2) is 28.3 Å². The summed E-state index contributed by atoms with van der Waals surface area (Å²) in [6.07, 6.45) is 4.62. The number of nitrogens with zero attached hydrogens (tertiary/aromatic N) is 2. The molecule has 1 aromatic carbocycles. The van der Waals surface area contributed by atoms with Gasteiger partial charge in [-0.1, -0.05) is 12.1 Å². The van der Waals surface area contributed by atoms with E-state index < -0.39 is 0 Å². The van der Waals surface area contributed by atoms with Crippen LogP contribution in [0, 0.1) is 0 Å². The maximum absolute atomic E-state index is 11.1. The molecular formula is C15H13N3O2. The van der Waals surface area contributed by atoms with Crippen LogP contribution in [-0.2, 0) is 6.42 Å². The molecule has 5 heteroatoms. The van der Waals surface area contributed by atoms with Crippen molar-refractivity contribution in [1.82, 2.24) is 15.0 Å². The molecule has 2 heterocycles. The molecular weight excluding hydrogens is 254 g/mol. The van der Waals surface area contributed by atoms with E-state index >= 15 is 0 Å². The van der Waals surface area contributed by atoms with Crippen molar-refractivity contribution >= 4 is 17.3 Å². The van der Waals surface area contributed by atoms with Gasteiger partial charge in [0.1, 0.15) is 17.7 Å². The van der Waals surface area contributed by atoms with Crippen molar-refractivity contribution < 1.29 is 9.53 Å². The van der Waals surface area contributed by atoms with E-state index in [1.54, 1.807) is 13.3 Å². The number of hydrogen-bond donors (Lipinski definition) is 1. The van der Waals surface area contributed by atoms with Gasteiger partial charge in [0.25, 0.3) is 0 Å². The summed E-state index contributed by atoms with van der Waals surface area (Å²) in [5.41, 5.74) is 3.21. The van der Waals surface area contributed by atoms with E-state index in [-0.39, 0.29) is 0 Å². The number of methoxy groups -OCH3 is 1. The third-order valence-electron chi connectivity index (χ3n) is 3.24. The van der Waals surface area contributed by atoms with E-state index in [2.05, 4.69) is 15.0 Å². The molecule has 0 saturated carbocycles. The van der Waals surface area contributed by atoms with Crippen molar-refractivity contribution in [3.05, 3.63) is 53.6 Å². The standard InChI is InChI=1S/C15H13N3O2/c1-20-12-4-2-10(3-5-12)6-13-14-11(8-19)7-16-15(14)18-9-17-13/h2-5,7-9H,6H2,1H3,(H,16,17,18). The van der Waals surface area contributed by atoms with Crippen LogP contribution in [0.2, 0.25) is 0 Å². The maximum Gasteiger partial charge on any atom is 0.152 e. The summed E-state index contributed by atoms with van der Waals surface area (Å²) in [6, 6.07) is 7.79. The highest BCUT2D eigenvalue weighted by Gasteiger charge is 2.11. The Labute approximate surface area is 115 Å². The number of carbonyl (C=O) groups excluding carboxylic acids is 1. The first-order valence-corrected chi connectivity index (χ1v) is 6.21. The van der Waals surface area contributed by atoms with E-state index in [1.807, 2.05) is 24.3 Å². The lowest BCUT2D eigenvalue weighted by Gasteiger charge is -2.04. The highest BCUT2D eigenvalue weighted by molar-refractivity contribution is 5.97. The first-order valence-electron chi connectivity index (χ1n) is 6.21. The topological polar surface area (TPSA) is 67.9 Å². The van der Waals surface area contributed by atoms with E-state index in [9.17, 15) is 4.79 Å². The molecule has 0 aliphatic rings. The molecule has 100 valence electrons. The van der Waals surface area contributed by atoms with Gasteiger partial charge in [-0.25, -0.2) is 9.97 Å². The number of hydrogen-bond acceptors (Lipinski definition) is 4. The molecule has 5 nitrogen and oxygen atoms in total. The molecule has 0 unspecified atom stereocenters. The van der Waals surface area contributed by atoms with Crippen LogP contribution >= 0.6 is 0 Å². The van der Waals surface area contributed by atoms with Gasteiger partial charge in [0, 0.05) is 18.2 Å². The fraction of sp³-hybridized carbons (Fsp3) is 0.133. The predicted molar refractivity (Wildman–Crippen MR) is 75.1 cm³/mol. The van der Waals surface area contributed by atoms with Gasteiger partial charge in [0.2, 0.25) is 0 Å². The van der Waals surface area contributed by atoms with Crippen LogP contribution < -0.4 is 4.74 Å². The molecule has 20 heavy (non-hydrogen) atoms. The first kappa shape index (κ1) is 12.3. The average Bonchev–Trinajstić information content (AvgIpc) is 2.92. The highest BCUT2D eigenvalue weighted by atomic mass is 16.5. The van der Waals surface area contributed by atoms with Crippen LogP contribution in [0.1, 0.15) is 21.6 Å². The number of ether oxygens (including phenoxy) is 1. The Morgan fingerprint density at radius 1 is 1.25 bits per heavy atom. The van der Waals surface area contributed by atoms with Crippen molar-refractivity contribution in [1.29, 1.82) is 0 Å². The fourth-order valence-electron chi connectivity index (χ4n) is 2.22. The number of benzene rings is 1. The molecule has 0 aliphatic heterocycles. The average molecular weight is 267 g/mol. The molecule has 2 aromatic heterocycles. The molecule has 0 radical (unpaired) electrons. The zero-order valence-corrected chi connectivity index (χ0v) is 11.0. The third-order valence-corrected chi connectivity index (χ3v) is 3.24. The highest BCUT2D eigenvalue weighted by Crippen LogP contribution is 2.21. The van der Waals surface area contributed by atoms with Gasteiger partial charge in [-0.2, -0.15) is 0 Å². The summed E-state index contributed by atoms with van der Waals surface area (Å²) < 4.78 is 5.14. The Hall–Kier alpha value is -2.69. The molecule has 0 amide bonds. The molecule has 0 fully saturated rings. The number of aldehydes is 1. The van der Waals surface area contributed by atoms with Crippen LogP contribution in [0.4, 0.5) is 0 Å². The summed E-state index contributed by atoms with van der Waals surface area (Å²) in [7, 11) is 1.64. The lowest BCUT2D eigenvalue weighted by molar-refractivity contribution is 0.112. The second-order valence-corrected chi connectivity index (χ2v) is 4.43. The summed E-state index contributed by atoms with van der Waals surface area (Å²) in [5, 5.41) is 0.790. The van der Waals surface area contributed by atoms with Crippen molar-refractivity contribution in [3.8, 4) is 5.75 Å². The molecule has 0 saturated heterocycles. The van der Waals surface area contributed by atoms with E-state index in [0.29, 0.717) is 17.6 Å². The fourth-order valence-corrected chi connectivity index (χ4v) is 2.22. The van der Waals surface area contributed by atoms with Gasteiger partial charge < -0.3 is 9.72 Å². The molecule has 0 aliphatic carbocycles. The number of rotatable bonds is 4. The monoisotopic (exact) mass is 267 g/mol. The van der Waals surface area contributed by atoms with Crippen LogP contribution in [0.3, 0.4) is 0 Å². The number of aromatic amines is 1. The molecule has 3 rings (SSSR count). The van der Waals surface area contributed by atoms with E-state index in [0.717, 1.165) is 28.7 Å². The zero-order chi connectivity index (χ0) is 13.9. The van der Waals surface area contributed by atoms with Crippen molar-refractivity contribution in [2.75, 3.05) is 7.11 Å². The number of fused-ring (bicyclic) bond motifs is 1. The number of nitrogens with one attached hydrogen (secondary N) is 1. The van der Waals surface area contributed by atoms with E-state index in [4.69, 9.17) is 4.74 Å². The van der Waals surface area contributed by atoms with Gasteiger partial charge in [-0.3, -0.25) is 4.79 Å². The molecule has 0 atom stereocenters. The smallest absolute Gasteiger partial charge is 0.152 e. The third kappa shape index (κ3) is 2.14. The second-order valence-electron chi connectivity index (χ2n) is 4.43. The number of H-pyrrole nitrogens is 1. The summed E-state index contributed by atoms with van der Waals surface area (Å²) >= 11 is 0. The van der Waals surface area contributed by atoms with Crippen LogP contribution in [0.15, 0.2) is 36.8 Å². The van der Waals surface area contributed by atoms with Gasteiger partial charge in [0.05, 0.1) is 18.2 Å². The lowest BCUT2D eigenvalue weighted by atomic mass is 10.1. The first-order chi connectivity index (χ1) is 9.81. The Morgan fingerprint density at radius 3 is 2.75 bits per heavy atom. The number of carbonyl (C=O) groups is 1. The van der Waals surface area contributed by atoms with Gasteiger partial charge in [-0.05, 0) is 17.7 Å². The van der Waals surface area contributed by atoms with Gasteiger partial charge in [-0.15, -0.1) is 0 Å². The minimum absolute atomic E-state index is 0.587. The summed E-state index contributed by atoms with van der Waals surface area (Å²) in [6.45, 7) is 0. The summed E-state index contributed by atoms with van der Waals surface area (Å²) in [5.74, 6) is 0.816. The van der Waals surface area contributed by atoms with Crippen LogP contribution in [0.5, 0.6) is 5.75 Å². The minimum atomic E-state index is 0.587. The van der Waals surface area contributed by atoms with Crippen molar-refractivity contribution in [2.45, 2.75) is 6.42 Å². The zero-order valence-electron chi connectivity index (χ0n) is 11.0. The largest absolute Gasteiger partial charge is 0.497 e. The molecule has 0 spiro atoms. The van der Waals surface area contributed by atoms with E-state index in [1.165, 1.54) is 6.33 Å². The Bertz CT molecular complexity index is 747. The van der Waals surface area contributed by atoms with Crippen molar-refractivity contribution in [2.24, 2.45) is 0 Å². The van der Waals surface area contributed by atoms with Gasteiger partial charge in [0.15, 0.2) is 6.29 Å². The van der Waals surface area contributed by atoms with Gasteiger partial charge >= 0.3 is 0 Å². The Kier molecular flexibility index (Phi) is 3.16. The minimum Gasteiger partial charge on any atom is -0.497 e. The second kappa shape index (κ2) is 5.13. The maximum atomic E-state index is 11.1. The predicted octanol–water partition coefficient (Wildman–Crippen LogP) is 2.37. The summed E-state index contributed by atoms with van der Waals surface area (Å²) in [4.78, 5) is 22.5. The number of aromatic nitrogens is 3. The molecule has 1 N–H and O–H groups in total. The van der Waals surface area contributed by atoms with Crippen molar-refractivity contribution in [3.63, 3.8) is 0 Å². The molecule has 3 aromatic rings. The molecule has 0 bridgehead atoms. The SMILES string of the molecule is COc1ccc(Cc2ncnc3[nH]cc(C=O)c23)cc1. The normalized spacial score (nSPS) is 10.7. The quantitative estimate of drug-likeness (QED) is 0.737.